The first kappa shape index (κ1) is 15.5. The van der Waals surface area contributed by atoms with Crippen LogP contribution in [0.3, 0.4) is 0 Å². The molecule has 2 aromatic rings. The summed E-state index contributed by atoms with van der Waals surface area (Å²) in [6, 6.07) is 0. The summed E-state index contributed by atoms with van der Waals surface area (Å²) in [4.78, 5) is 13.8. The lowest BCUT2D eigenvalue weighted by molar-refractivity contribution is 0.704. The van der Waals surface area contributed by atoms with Crippen molar-refractivity contribution < 1.29 is 0 Å². The molecular formula is C16H25N5. The first-order valence-electron chi connectivity index (χ1n) is 7.79. The number of nitrogens with one attached hydrogen (secondary N) is 1. The van der Waals surface area contributed by atoms with Crippen LogP contribution in [0, 0.1) is 6.92 Å². The molecular weight excluding hydrogens is 262 g/mol. The highest BCUT2D eigenvalue weighted by atomic mass is 15.1. The van der Waals surface area contributed by atoms with Gasteiger partial charge in [-0.2, -0.15) is 0 Å². The zero-order valence-corrected chi connectivity index (χ0v) is 13.5. The Bertz CT molecular complexity index is 588. The molecule has 0 radical (unpaired) electrons. The van der Waals surface area contributed by atoms with Crippen molar-refractivity contribution in [3.8, 4) is 0 Å². The summed E-state index contributed by atoms with van der Waals surface area (Å²) in [6.07, 6.45) is 6.55. The molecule has 0 atom stereocenters. The van der Waals surface area contributed by atoms with E-state index in [0.29, 0.717) is 0 Å². The van der Waals surface area contributed by atoms with E-state index in [1.165, 1.54) is 0 Å². The predicted molar refractivity (Wildman–Crippen MR) is 85.6 cm³/mol. The Hall–Kier alpha value is -1.91. The van der Waals surface area contributed by atoms with Crippen LogP contribution in [-0.4, -0.2) is 26.1 Å². The fourth-order valence-corrected chi connectivity index (χ4v) is 2.30. The van der Waals surface area contributed by atoms with Crippen LogP contribution in [0.2, 0.25) is 0 Å². The minimum Gasteiger partial charge on any atom is -0.370 e. The number of aromatic nitrogens is 4. The molecule has 114 valence electrons. The normalized spacial score (nSPS) is 10.9. The minimum atomic E-state index is 0.753. The molecule has 0 aliphatic carbocycles. The van der Waals surface area contributed by atoms with Crippen LogP contribution in [-0.2, 0) is 19.4 Å². The first-order valence-corrected chi connectivity index (χ1v) is 7.79. The second-order valence-corrected chi connectivity index (χ2v) is 5.15. The standard InChI is InChI=1S/C16H25N5/c1-5-8-18-16-12(4)13(19-14(6-2)20-16)11-15-17-9-10-21(15)7-3/h9-10H,5-8,11H2,1-4H3,(H,18,19,20). The summed E-state index contributed by atoms with van der Waals surface area (Å²) < 4.78 is 2.16. The van der Waals surface area contributed by atoms with Gasteiger partial charge in [0.15, 0.2) is 0 Å². The lowest BCUT2D eigenvalue weighted by atomic mass is 10.1. The van der Waals surface area contributed by atoms with Crippen molar-refractivity contribution in [3.05, 3.63) is 35.3 Å². The van der Waals surface area contributed by atoms with Gasteiger partial charge in [0.2, 0.25) is 0 Å². The molecule has 0 aromatic carbocycles. The number of hydrogen-bond acceptors (Lipinski definition) is 4. The van der Waals surface area contributed by atoms with Gasteiger partial charge in [-0.15, -0.1) is 0 Å². The van der Waals surface area contributed by atoms with Crippen molar-refractivity contribution >= 4 is 5.82 Å². The lowest BCUT2D eigenvalue weighted by Crippen LogP contribution is -2.12. The topological polar surface area (TPSA) is 55.6 Å². The summed E-state index contributed by atoms with van der Waals surface area (Å²) >= 11 is 0. The van der Waals surface area contributed by atoms with Crippen LogP contribution in [0.5, 0.6) is 0 Å². The molecule has 2 aromatic heterocycles. The second kappa shape index (κ2) is 7.20. The van der Waals surface area contributed by atoms with Crippen LogP contribution in [0.15, 0.2) is 12.4 Å². The molecule has 0 amide bonds. The van der Waals surface area contributed by atoms with Crippen LogP contribution in [0.1, 0.15) is 50.1 Å². The minimum absolute atomic E-state index is 0.753. The molecule has 0 bridgehead atoms. The van der Waals surface area contributed by atoms with Gasteiger partial charge in [0, 0.05) is 43.9 Å². The van der Waals surface area contributed by atoms with E-state index in [-0.39, 0.29) is 0 Å². The summed E-state index contributed by atoms with van der Waals surface area (Å²) in [5.74, 6) is 2.92. The Labute approximate surface area is 126 Å². The fourth-order valence-electron chi connectivity index (χ4n) is 2.30. The molecule has 0 aliphatic heterocycles. The Kier molecular flexibility index (Phi) is 5.31. The number of imidazole rings is 1. The third-order valence-corrected chi connectivity index (χ3v) is 3.62. The van der Waals surface area contributed by atoms with Crippen molar-refractivity contribution in [3.63, 3.8) is 0 Å². The van der Waals surface area contributed by atoms with Crippen LogP contribution in [0.25, 0.3) is 0 Å². The van der Waals surface area contributed by atoms with Crippen molar-refractivity contribution in [2.45, 2.75) is 53.5 Å². The molecule has 5 heteroatoms. The second-order valence-electron chi connectivity index (χ2n) is 5.15. The summed E-state index contributed by atoms with van der Waals surface area (Å²) in [5, 5.41) is 3.41. The van der Waals surface area contributed by atoms with E-state index in [4.69, 9.17) is 4.98 Å². The van der Waals surface area contributed by atoms with Crippen molar-refractivity contribution in [1.29, 1.82) is 0 Å². The van der Waals surface area contributed by atoms with E-state index in [1.54, 1.807) is 0 Å². The van der Waals surface area contributed by atoms with E-state index >= 15 is 0 Å². The lowest BCUT2D eigenvalue weighted by Gasteiger charge is -2.13. The maximum atomic E-state index is 4.71. The monoisotopic (exact) mass is 287 g/mol. The molecule has 1 N–H and O–H groups in total. The molecule has 0 saturated carbocycles. The number of rotatable bonds is 7. The predicted octanol–water partition coefficient (Wildman–Crippen LogP) is 2.98. The quantitative estimate of drug-likeness (QED) is 0.850. The van der Waals surface area contributed by atoms with Gasteiger partial charge in [-0.3, -0.25) is 0 Å². The van der Waals surface area contributed by atoms with E-state index in [0.717, 1.165) is 61.1 Å². The highest BCUT2D eigenvalue weighted by Gasteiger charge is 2.12. The molecule has 0 spiro atoms. The van der Waals surface area contributed by atoms with Gasteiger partial charge in [-0.1, -0.05) is 13.8 Å². The van der Waals surface area contributed by atoms with Gasteiger partial charge in [0.05, 0.1) is 5.69 Å². The zero-order valence-electron chi connectivity index (χ0n) is 13.5. The Balaban J connectivity index is 2.33. The van der Waals surface area contributed by atoms with E-state index in [9.17, 15) is 0 Å². The molecule has 0 aliphatic rings. The van der Waals surface area contributed by atoms with Gasteiger partial charge in [0.25, 0.3) is 0 Å². The van der Waals surface area contributed by atoms with Crippen LogP contribution >= 0.6 is 0 Å². The third-order valence-electron chi connectivity index (χ3n) is 3.62. The molecule has 2 heterocycles. The van der Waals surface area contributed by atoms with E-state index in [2.05, 4.69) is 47.5 Å². The van der Waals surface area contributed by atoms with Gasteiger partial charge in [0.1, 0.15) is 17.5 Å². The Morgan fingerprint density at radius 1 is 1.19 bits per heavy atom. The van der Waals surface area contributed by atoms with Gasteiger partial charge in [-0.05, 0) is 20.3 Å². The summed E-state index contributed by atoms with van der Waals surface area (Å²) in [7, 11) is 0. The smallest absolute Gasteiger partial charge is 0.132 e. The van der Waals surface area contributed by atoms with Crippen molar-refractivity contribution in [1.82, 2.24) is 19.5 Å². The highest BCUT2D eigenvalue weighted by Crippen LogP contribution is 2.18. The van der Waals surface area contributed by atoms with Crippen molar-refractivity contribution in [2.24, 2.45) is 0 Å². The van der Waals surface area contributed by atoms with E-state index in [1.807, 2.05) is 12.4 Å². The molecule has 21 heavy (non-hydrogen) atoms. The Morgan fingerprint density at radius 2 is 2.00 bits per heavy atom. The zero-order chi connectivity index (χ0) is 15.2. The Morgan fingerprint density at radius 3 is 2.67 bits per heavy atom. The summed E-state index contributed by atoms with van der Waals surface area (Å²) in [5.41, 5.74) is 2.20. The largest absolute Gasteiger partial charge is 0.370 e. The van der Waals surface area contributed by atoms with Gasteiger partial charge < -0.3 is 9.88 Å². The summed E-state index contributed by atoms with van der Waals surface area (Å²) in [6.45, 7) is 10.3. The SMILES string of the molecule is CCCNc1nc(CC)nc(Cc2nccn2CC)c1C. The maximum absolute atomic E-state index is 4.71. The van der Waals surface area contributed by atoms with Crippen LogP contribution < -0.4 is 5.32 Å². The average Bonchev–Trinajstić information content (AvgIpc) is 2.95. The molecule has 0 unspecified atom stereocenters. The maximum Gasteiger partial charge on any atom is 0.132 e. The number of hydrogen-bond donors (Lipinski definition) is 1. The molecule has 5 nitrogen and oxygen atoms in total. The van der Waals surface area contributed by atoms with Gasteiger partial charge >= 0.3 is 0 Å². The molecule has 2 rings (SSSR count). The first-order chi connectivity index (χ1) is 10.2. The number of anilines is 1. The number of aryl methyl sites for hydroxylation is 2. The van der Waals surface area contributed by atoms with Crippen LogP contribution in [0.4, 0.5) is 5.82 Å². The van der Waals surface area contributed by atoms with Crippen molar-refractivity contribution in [2.75, 3.05) is 11.9 Å². The van der Waals surface area contributed by atoms with Gasteiger partial charge in [-0.25, -0.2) is 15.0 Å². The average molecular weight is 287 g/mol. The molecule has 0 saturated heterocycles. The third kappa shape index (κ3) is 3.60. The fraction of sp³-hybridized carbons (Fsp3) is 0.562. The number of nitrogens with zero attached hydrogens (tertiary/aromatic N) is 4. The van der Waals surface area contributed by atoms with E-state index < -0.39 is 0 Å². The molecule has 0 fully saturated rings. The highest BCUT2D eigenvalue weighted by molar-refractivity contribution is 5.46.